The molecule has 0 spiro atoms. The first-order chi connectivity index (χ1) is 14.5. The molecule has 0 N–H and O–H groups in total. The van der Waals surface area contributed by atoms with Crippen molar-refractivity contribution in [3.05, 3.63) is 24.3 Å². The van der Waals surface area contributed by atoms with Crippen LogP contribution in [0.4, 0.5) is 0 Å². The molecule has 2 aromatic rings. The van der Waals surface area contributed by atoms with E-state index in [0.717, 1.165) is 29.0 Å². The highest BCUT2D eigenvalue weighted by atomic mass is 32.2. The van der Waals surface area contributed by atoms with Gasteiger partial charge >= 0.3 is 0 Å². The number of carbonyl (C=O) groups excluding carboxylic acids is 2. The number of likely N-dealkylation sites (tertiary alicyclic amines) is 1. The molecule has 2 aliphatic rings. The average Bonchev–Trinajstić information content (AvgIpc) is 3.10. The molecule has 1 aromatic heterocycles. The fraction of sp³-hybridized carbons (Fsp3) is 0.591. The van der Waals surface area contributed by atoms with E-state index in [4.69, 9.17) is 9.72 Å². The van der Waals surface area contributed by atoms with Gasteiger partial charge in [-0.25, -0.2) is 4.98 Å². The normalized spacial score (nSPS) is 22.5. The monoisotopic (exact) mass is 430 g/mol. The summed E-state index contributed by atoms with van der Waals surface area (Å²) in [6, 6.07) is 8.39. The summed E-state index contributed by atoms with van der Waals surface area (Å²) >= 11 is 1.43. The third-order valence-electron chi connectivity index (χ3n) is 6.08. The van der Waals surface area contributed by atoms with E-state index in [1.807, 2.05) is 38.6 Å². The third kappa shape index (κ3) is 4.49. The highest BCUT2D eigenvalue weighted by Crippen LogP contribution is 2.27. The fourth-order valence-corrected chi connectivity index (χ4v) is 5.36. The van der Waals surface area contributed by atoms with Crippen molar-refractivity contribution in [3.8, 4) is 0 Å². The Morgan fingerprint density at radius 3 is 2.53 bits per heavy atom. The number of nitrogens with zero attached hydrogens (tertiary/aromatic N) is 4. The van der Waals surface area contributed by atoms with E-state index in [-0.39, 0.29) is 30.4 Å². The summed E-state index contributed by atoms with van der Waals surface area (Å²) in [4.78, 5) is 34.4. The lowest BCUT2D eigenvalue weighted by Crippen LogP contribution is -2.48. The van der Waals surface area contributed by atoms with Gasteiger partial charge in [0.2, 0.25) is 11.8 Å². The SMILES string of the molecule is C[C@H]1CCC[C@H](C)N1C(=O)CSc1nc2ccccc2n1CC(=O)N1CCOCC1. The molecule has 2 aliphatic heterocycles. The van der Waals surface area contributed by atoms with Gasteiger partial charge in [0.05, 0.1) is 30.0 Å². The van der Waals surface area contributed by atoms with Crippen LogP contribution in [0.3, 0.4) is 0 Å². The predicted molar refractivity (Wildman–Crippen MR) is 117 cm³/mol. The largest absolute Gasteiger partial charge is 0.378 e. The van der Waals surface area contributed by atoms with Crippen molar-refractivity contribution in [1.29, 1.82) is 0 Å². The minimum Gasteiger partial charge on any atom is -0.378 e. The second-order valence-corrected chi connectivity index (χ2v) is 9.12. The van der Waals surface area contributed by atoms with Gasteiger partial charge in [0.15, 0.2) is 5.16 Å². The van der Waals surface area contributed by atoms with Crippen molar-refractivity contribution in [2.45, 2.75) is 56.9 Å². The molecule has 0 saturated carbocycles. The van der Waals surface area contributed by atoms with Crippen molar-refractivity contribution < 1.29 is 14.3 Å². The zero-order valence-electron chi connectivity index (χ0n) is 17.7. The van der Waals surface area contributed by atoms with E-state index in [0.29, 0.717) is 32.1 Å². The smallest absolute Gasteiger partial charge is 0.242 e. The van der Waals surface area contributed by atoms with Gasteiger partial charge in [0.25, 0.3) is 0 Å². The number of aromatic nitrogens is 2. The first kappa shape index (κ1) is 21.2. The predicted octanol–water partition coefficient (Wildman–Crippen LogP) is 2.78. The third-order valence-corrected chi connectivity index (χ3v) is 7.04. The molecule has 2 amide bonds. The molecule has 2 fully saturated rings. The molecule has 1 aromatic carbocycles. The van der Waals surface area contributed by atoms with E-state index in [1.54, 1.807) is 0 Å². The van der Waals surface area contributed by atoms with Crippen LogP contribution >= 0.6 is 11.8 Å². The first-order valence-corrected chi connectivity index (χ1v) is 11.8. The molecule has 2 saturated heterocycles. The van der Waals surface area contributed by atoms with Gasteiger partial charge in [-0.05, 0) is 45.2 Å². The molecular weight excluding hydrogens is 400 g/mol. The van der Waals surface area contributed by atoms with Gasteiger partial charge in [-0.2, -0.15) is 0 Å². The Kier molecular flexibility index (Phi) is 6.63. The van der Waals surface area contributed by atoms with Crippen molar-refractivity contribution in [1.82, 2.24) is 19.4 Å². The molecule has 2 atom stereocenters. The second-order valence-electron chi connectivity index (χ2n) is 8.18. The number of ether oxygens (including phenoxy) is 1. The van der Waals surface area contributed by atoms with Crippen molar-refractivity contribution in [2.24, 2.45) is 0 Å². The number of hydrogen-bond donors (Lipinski definition) is 0. The second kappa shape index (κ2) is 9.39. The van der Waals surface area contributed by atoms with E-state index >= 15 is 0 Å². The highest BCUT2D eigenvalue weighted by Gasteiger charge is 2.29. The maximum Gasteiger partial charge on any atom is 0.242 e. The first-order valence-electron chi connectivity index (χ1n) is 10.8. The summed E-state index contributed by atoms with van der Waals surface area (Å²) in [5.41, 5.74) is 1.77. The number of piperidine rings is 1. The topological polar surface area (TPSA) is 67.7 Å². The van der Waals surface area contributed by atoms with Crippen LogP contribution in [0.25, 0.3) is 11.0 Å². The number of rotatable bonds is 5. The minimum absolute atomic E-state index is 0.0629. The van der Waals surface area contributed by atoms with Gasteiger partial charge in [-0.3, -0.25) is 9.59 Å². The lowest BCUT2D eigenvalue weighted by Gasteiger charge is -2.39. The molecule has 0 radical (unpaired) electrons. The van der Waals surface area contributed by atoms with Gasteiger partial charge in [0.1, 0.15) is 6.54 Å². The Labute approximate surface area is 181 Å². The summed E-state index contributed by atoms with van der Waals surface area (Å²) in [6.07, 6.45) is 3.30. The molecule has 162 valence electrons. The summed E-state index contributed by atoms with van der Waals surface area (Å²) in [5.74, 6) is 0.551. The number of amides is 2. The summed E-state index contributed by atoms with van der Waals surface area (Å²) in [6.45, 7) is 6.91. The Morgan fingerprint density at radius 2 is 1.80 bits per heavy atom. The summed E-state index contributed by atoms with van der Waals surface area (Å²) in [5, 5.41) is 0.725. The number of benzene rings is 1. The summed E-state index contributed by atoms with van der Waals surface area (Å²) < 4.78 is 7.31. The van der Waals surface area contributed by atoms with E-state index in [9.17, 15) is 9.59 Å². The maximum atomic E-state index is 13.0. The Hall–Kier alpha value is -2.06. The zero-order valence-corrected chi connectivity index (χ0v) is 18.6. The number of thioether (sulfide) groups is 1. The van der Waals surface area contributed by atoms with Crippen LogP contribution in [-0.2, 0) is 20.9 Å². The molecular formula is C22H30N4O3S. The van der Waals surface area contributed by atoms with Crippen LogP contribution in [0.15, 0.2) is 29.4 Å². The number of imidazole rings is 1. The van der Waals surface area contributed by atoms with Crippen molar-refractivity contribution >= 4 is 34.6 Å². The van der Waals surface area contributed by atoms with Gasteiger partial charge < -0.3 is 19.1 Å². The van der Waals surface area contributed by atoms with Crippen molar-refractivity contribution in [3.63, 3.8) is 0 Å². The van der Waals surface area contributed by atoms with Gasteiger partial charge in [-0.1, -0.05) is 23.9 Å². The zero-order chi connectivity index (χ0) is 21.1. The summed E-state index contributed by atoms with van der Waals surface area (Å²) in [7, 11) is 0. The average molecular weight is 431 g/mol. The minimum atomic E-state index is 0.0629. The lowest BCUT2D eigenvalue weighted by molar-refractivity contribution is -0.136. The maximum absolute atomic E-state index is 13.0. The van der Waals surface area contributed by atoms with E-state index < -0.39 is 0 Å². The van der Waals surface area contributed by atoms with Crippen LogP contribution in [0.2, 0.25) is 0 Å². The molecule has 30 heavy (non-hydrogen) atoms. The number of para-hydroxylation sites is 2. The van der Waals surface area contributed by atoms with Crippen LogP contribution in [-0.4, -0.2) is 75.3 Å². The number of carbonyl (C=O) groups is 2. The standard InChI is InChI=1S/C22H30N4O3S/c1-16-6-5-7-17(2)26(16)21(28)15-30-22-23-18-8-3-4-9-19(18)25(22)14-20(27)24-10-12-29-13-11-24/h3-4,8-9,16-17H,5-7,10-15H2,1-2H3/t16-,17-/m0/s1. The Bertz CT molecular complexity index is 899. The number of hydrogen-bond acceptors (Lipinski definition) is 5. The Morgan fingerprint density at radius 1 is 1.10 bits per heavy atom. The van der Waals surface area contributed by atoms with Gasteiger partial charge in [-0.15, -0.1) is 0 Å². The molecule has 0 aliphatic carbocycles. The van der Waals surface area contributed by atoms with Crippen molar-refractivity contribution in [2.75, 3.05) is 32.1 Å². The fourth-order valence-electron chi connectivity index (χ4n) is 4.48. The quantitative estimate of drug-likeness (QED) is 0.683. The molecule has 0 bridgehead atoms. The van der Waals surface area contributed by atoms with Crippen LogP contribution in [0, 0.1) is 0 Å². The molecule has 0 unspecified atom stereocenters. The van der Waals surface area contributed by atoms with Gasteiger partial charge in [0, 0.05) is 25.2 Å². The van der Waals surface area contributed by atoms with Crippen LogP contribution < -0.4 is 0 Å². The van der Waals surface area contributed by atoms with E-state index in [2.05, 4.69) is 13.8 Å². The molecule has 7 nitrogen and oxygen atoms in total. The van der Waals surface area contributed by atoms with Crippen LogP contribution in [0.5, 0.6) is 0 Å². The molecule has 4 rings (SSSR count). The highest BCUT2D eigenvalue weighted by molar-refractivity contribution is 7.99. The van der Waals surface area contributed by atoms with Crippen LogP contribution in [0.1, 0.15) is 33.1 Å². The number of fused-ring (bicyclic) bond motifs is 1. The van der Waals surface area contributed by atoms with E-state index in [1.165, 1.54) is 18.2 Å². The molecule has 8 heteroatoms. The Balaban J connectivity index is 1.51. The molecule has 3 heterocycles. The lowest BCUT2D eigenvalue weighted by atomic mass is 9.98. The number of morpholine rings is 1.